The number of hydrogen-bond donors (Lipinski definition) is 1. The van der Waals surface area contributed by atoms with Crippen LogP contribution in [0.4, 0.5) is 4.39 Å². The molecule has 0 unspecified atom stereocenters. The SMILES string of the molecule is O=C(C=Cc1ccc(F)cc1)c1cccc(-n2c(-c3ccccc3)c[nH]c2=O)c1. The zero-order chi connectivity index (χ0) is 20.2. The average molecular weight is 384 g/mol. The third kappa shape index (κ3) is 3.99. The molecule has 0 aliphatic heterocycles. The lowest BCUT2D eigenvalue weighted by atomic mass is 10.1. The first kappa shape index (κ1) is 18.4. The van der Waals surface area contributed by atoms with Gasteiger partial charge in [-0.15, -0.1) is 0 Å². The van der Waals surface area contributed by atoms with Crippen molar-refractivity contribution in [3.8, 4) is 16.9 Å². The van der Waals surface area contributed by atoms with Crippen molar-refractivity contribution in [1.29, 1.82) is 0 Å². The number of halogens is 1. The molecule has 3 aromatic carbocycles. The van der Waals surface area contributed by atoms with Gasteiger partial charge >= 0.3 is 5.69 Å². The zero-order valence-corrected chi connectivity index (χ0v) is 15.4. The van der Waals surface area contributed by atoms with Crippen molar-refractivity contribution in [1.82, 2.24) is 9.55 Å². The summed E-state index contributed by atoms with van der Waals surface area (Å²) in [5.74, 6) is -0.534. The molecule has 1 N–H and O–H groups in total. The molecule has 4 nitrogen and oxygen atoms in total. The predicted octanol–water partition coefficient (Wildman–Crippen LogP) is 4.87. The molecule has 0 spiro atoms. The van der Waals surface area contributed by atoms with Gasteiger partial charge in [-0.25, -0.2) is 9.18 Å². The number of nitrogens with one attached hydrogen (secondary N) is 1. The van der Waals surface area contributed by atoms with Crippen LogP contribution in [0.5, 0.6) is 0 Å². The highest BCUT2D eigenvalue weighted by molar-refractivity contribution is 6.07. The van der Waals surface area contributed by atoms with Crippen molar-refractivity contribution >= 4 is 11.9 Å². The third-order valence-electron chi connectivity index (χ3n) is 4.53. The number of ketones is 1. The van der Waals surface area contributed by atoms with Gasteiger partial charge in [0.2, 0.25) is 0 Å². The quantitative estimate of drug-likeness (QED) is 0.394. The van der Waals surface area contributed by atoms with Gasteiger partial charge < -0.3 is 4.98 Å². The Labute approximate surface area is 166 Å². The van der Waals surface area contributed by atoms with E-state index in [1.165, 1.54) is 22.8 Å². The lowest BCUT2D eigenvalue weighted by molar-refractivity contribution is 0.104. The van der Waals surface area contributed by atoms with Gasteiger partial charge in [0.1, 0.15) is 5.82 Å². The molecule has 0 aliphatic carbocycles. The van der Waals surface area contributed by atoms with Crippen molar-refractivity contribution < 1.29 is 9.18 Å². The summed E-state index contributed by atoms with van der Waals surface area (Å²) in [5.41, 5.74) is 3.09. The fourth-order valence-corrected chi connectivity index (χ4v) is 3.09. The molecular formula is C24H17FN2O2. The van der Waals surface area contributed by atoms with Gasteiger partial charge in [-0.05, 0) is 35.9 Å². The van der Waals surface area contributed by atoms with Crippen LogP contribution in [0.2, 0.25) is 0 Å². The number of allylic oxidation sites excluding steroid dienone is 1. The number of carbonyl (C=O) groups is 1. The average Bonchev–Trinajstić information content (AvgIpc) is 3.15. The van der Waals surface area contributed by atoms with Crippen LogP contribution in [0.1, 0.15) is 15.9 Å². The summed E-state index contributed by atoms with van der Waals surface area (Å²) in [5, 5.41) is 0. The van der Waals surface area contributed by atoms with Crippen LogP contribution in [-0.4, -0.2) is 15.3 Å². The Balaban J connectivity index is 1.66. The maximum Gasteiger partial charge on any atom is 0.330 e. The van der Waals surface area contributed by atoms with E-state index in [0.717, 1.165) is 11.1 Å². The maximum atomic E-state index is 13.0. The van der Waals surface area contributed by atoms with E-state index < -0.39 is 0 Å². The van der Waals surface area contributed by atoms with Crippen LogP contribution < -0.4 is 5.69 Å². The summed E-state index contributed by atoms with van der Waals surface area (Å²) in [6, 6.07) is 22.3. The monoisotopic (exact) mass is 384 g/mol. The molecule has 0 bridgehead atoms. The summed E-state index contributed by atoms with van der Waals surface area (Å²) < 4.78 is 14.5. The molecule has 4 rings (SSSR count). The van der Waals surface area contributed by atoms with Gasteiger partial charge in [0, 0.05) is 17.3 Å². The second-order valence-corrected chi connectivity index (χ2v) is 6.48. The highest BCUT2D eigenvalue weighted by Crippen LogP contribution is 2.21. The molecule has 142 valence electrons. The largest absolute Gasteiger partial charge is 0.330 e. The van der Waals surface area contributed by atoms with Crippen molar-refractivity contribution in [3.63, 3.8) is 0 Å². The summed E-state index contributed by atoms with van der Waals surface area (Å²) in [6.45, 7) is 0. The van der Waals surface area contributed by atoms with Crippen LogP contribution >= 0.6 is 0 Å². The van der Waals surface area contributed by atoms with Gasteiger partial charge in [-0.1, -0.05) is 60.7 Å². The van der Waals surface area contributed by atoms with Gasteiger partial charge in [-0.3, -0.25) is 9.36 Å². The topological polar surface area (TPSA) is 54.9 Å². The predicted molar refractivity (Wildman–Crippen MR) is 112 cm³/mol. The Bertz CT molecular complexity index is 1240. The molecule has 0 saturated carbocycles. The van der Waals surface area contributed by atoms with Crippen molar-refractivity contribution in [2.75, 3.05) is 0 Å². The first-order valence-electron chi connectivity index (χ1n) is 9.06. The van der Waals surface area contributed by atoms with Crippen molar-refractivity contribution in [2.24, 2.45) is 0 Å². The molecule has 1 aromatic heterocycles. The normalized spacial score (nSPS) is 11.1. The number of aromatic amines is 1. The van der Waals surface area contributed by atoms with E-state index in [-0.39, 0.29) is 17.3 Å². The molecule has 29 heavy (non-hydrogen) atoms. The highest BCUT2D eigenvalue weighted by atomic mass is 19.1. The standard InChI is InChI=1S/C24H17FN2O2/c25-20-12-9-17(10-13-20)11-14-23(28)19-7-4-8-21(15-19)27-22(16-26-24(27)29)18-5-2-1-3-6-18/h1-16H,(H,26,29). The fraction of sp³-hybridized carbons (Fsp3) is 0. The highest BCUT2D eigenvalue weighted by Gasteiger charge is 2.12. The summed E-state index contributed by atoms with van der Waals surface area (Å²) in [7, 11) is 0. The Kier molecular flexibility index (Phi) is 5.03. The second kappa shape index (κ2) is 7.94. The minimum absolute atomic E-state index is 0.207. The molecule has 5 heteroatoms. The Morgan fingerprint density at radius 3 is 2.45 bits per heavy atom. The number of carbonyl (C=O) groups excluding carboxylic acids is 1. The molecule has 1 heterocycles. The van der Waals surface area contributed by atoms with Crippen molar-refractivity contribution in [3.05, 3.63) is 119 Å². The Morgan fingerprint density at radius 1 is 0.931 bits per heavy atom. The maximum absolute atomic E-state index is 13.0. The minimum Gasteiger partial charge on any atom is -0.312 e. The third-order valence-corrected chi connectivity index (χ3v) is 4.53. The Morgan fingerprint density at radius 2 is 1.69 bits per heavy atom. The van der Waals surface area contributed by atoms with E-state index in [0.29, 0.717) is 16.9 Å². The second-order valence-electron chi connectivity index (χ2n) is 6.48. The van der Waals surface area contributed by atoms with Gasteiger partial charge in [0.25, 0.3) is 0 Å². The molecule has 0 fully saturated rings. The number of imidazole rings is 1. The lowest BCUT2D eigenvalue weighted by Gasteiger charge is -2.08. The number of nitrogens with zero attached hydrogens (tertiary/aromatic N) is 1. The minimum atomic E-state index is -0.327. The van der Waals surface area contributed by atoms with Crippen molar-refractivity contribution in [2.45, 2.75) is 0 Å². The van der Waals surface area contributed by atoms with E-state index >= 15 is 0 Å². The molecule has 0 aliphatic rings. The molecule has 0 radical (unpaired) electrons. The van der Waals surface area contributed by atoms with Gasteiger partial charge in [0.05, 0.1) is 11.4 Å². The van der Waals surface area contributed by atoms with Crippen LogP contribution in [-0.2, 0) is 0 Å². The van der Waals surface area contributed by atoms with Crippen LogP contribution in [0.3, 0.4) is 0 Å². The molecule has 4 aromatic rings. The first-order valence-corrected chi connectivity index (χ1v) is 9.06. The number of hydrogen-bond acceptors (Lipinski definition) is 2. The fourth-order valence-electron chi connectivity index (χ4n) is 3.09. The van der Waals surface area contributed by atoms with Crippen LogP contribution in [0.25, 0.3) is 23.0 Å². The first-order chi connectivity index (χ1) is 14.1. The van der Waals surface area contributed by atoms with Crippen LogP contribution in [0.15, 0.2) is 95.9 Å². The van der Waals surface area contributed by atoms with E-state index in [1.807, 2.05) is 30.3 Å². The van der Waals surface area contributed by atoms with E-state index in [1.54, 1.807) is 48.7 Å². The van der Waals surface area contributed by atoms with E-state index in [4.69, 9.17) is 0 Å². The van der Waals surface area contributed by atoms with E-state index in [9.17, 15) is 14.0 Å². The van der Waals surface area contributed by atoms with Gasteiger partial charge in [-0.2, -0.15) is 0 Å². The molecule has 0 amide bonds. The molecule has 0 saturated heterocycles. The Hall–Kier alpha value is -3.99. The van der Waals surface area contributed by atoms with Gasteiger partial charge in [0.15, 0.2) is 5.78 Å². The summed E-state index contributed by atoms with van der Waals surface area (Å²) in [4.78, 5) is 27.7. The smallest absolute Gasteiger partial charge is 0.312 e. The zero-order valence-electron chi connectivity index (χ0n) is 15.4. The molecule has 0 atom stereocenters. The van der Waals surface area contributed by atoms with Crippen LogP contribution in [0, 0.1) is 5.82 Å². The van der Waals surface area contributed by atoms with E-state index in [2.05, 4.69) is 4.98 Å². The number of H-pyrrole nitrogens is 1. The molecular weight excluding hydrogens is 367 g/mol. The summed E-state index contributed by atoms with van der Waals surface area (Å²) >= 11 is 0. The number of rotatable bonds is 5. The lowest BCUT2D eigenvalue weighted by Crippen LogP contribution is -2.16. The number of aromatic nitrogens is 2. The number of benzene rings is 3. The summed E-state index contributed by atoms with van der Waals surface area (Å²) in [6.07, 6.45) is 4.72.